The maximum Gasteiger partial charge on any atom is 0.244 e. The number of hydrogen-bond acceptors (Lipinski definition) is 3. The molecular formula is C16H26N2O3S. The van der Waals surface area contributed by atoms with E-state index in [9.17, 15) is 13.2 Å². The van der Waals surface area contributed by atoms with Crippen LogP contribution >= 0.6 is 0 Å². The summed E-state index contributed by atoms with van der Waals surface area (Å²) in [5.74, 6) is -0.285. The van der Waals surface area contributed by atoms with Crippen LogP contribution in [0.5, 0.6) is 0 Å². The molecule has 0 heterocycles. The molecule has 0 aliphatic rings. The van der Waals surface area contributed by atoms with Crippen LogP contribution in [0.25, 0.3) is 0 Å². The lowest BCUT2D eigenvalue weighted by Crippen LogP contribution is -2.41. The van der Waals surface area contributed by atoms with Crippen LogP contribution in [0.3, 0.4) is 0 Å². The number of amides is 1. The van der Waals surface area contributed by atoms with E-state index in [-0.39, 0.29) is 19.0 Å². The number of carbonyl (C=O) groups excluding carboxylic acids is 1. The molecule has 0 aromatic heterocycles. The summed E-state index contributed by atoms with van der Waals surface area (Å²) in [6, 6.07) is 1.99. The minimum absolute atomic E-state index is 0.154. The highest BCUT2D eigenvalue weighted by Crippen LogP contribution is 2.28. The highest BCUT2D eigenvalue weighted by molar-refractivity contribution is 7.89. The molecule has 1 N–H and O–H groups in total. The number of rotatable bonds is 6. The van der Waals surface area contributed by atoms with Crippen molar-refractivity contribution in [2.45, 2.75) is 46.4 Å². The van der Waals surface area contributed by atoms with Gasteiger partial charge in [0.1, 0.15) is 0 Å². The number of hydrogen-bond donors (Lipinski definition) is 1. The van der Waals surface area contributed by atoms with E-state index in [0.717, 1.165) is 22.3 Å². The van der Waals surface area contributed by atoms with E-state index in [1.165, 1.54) is 4.31 Å². The van der Waals surface area contributed by atoms with E-state index in [1.54, 1.807) is 13.8 Å². The lowest BCUT2D eigenvalue weighted by atomic mass is 10.0. The molecule has 0 aliphatic carbocycles. The Bertz CT molecular complexity index is 640. The molecule has 1 amide bonds. The SMILES string of the molecule is CCNC(=O)CN(CC)S(=O)(=O)c1c(C)c(C)cc(C)c1C. The predicted molar refractivity (Wildman–Crippen MR) is 88.5 cm³/mol. The Labute approximate surface area is 133 Å². The lowest BCUT2D eigenvalue weighted by Gasteiger charge is -2.23. The van der Waals surface area contributed by atoms with Gasteiger partial charge in [0, 0.05) is 13.1 Å². The second kappa shape index (κ2) is 7.24. The Morgan fingerprint density at radius 1 is 1.09 bits per heavy atom. The molecule has 0 atom stereocenters. The zero-order valence-corrected chi connectivity index (χ0v) is 15.1. The number of nitrogens with zero attached hydrogens (tertiary/aromatic N) is 1. The molecule has 1 aromatic rings. The van der Waals surface area contributed by atoms with Crippen LogP contribution in [0.1, 0.15) is 36.1 Å². The van der Waals surface area contributed by atoms with Crippen LogP contribution < -0.4 is 5.32 Å². The molecule has 0 bridgehead atoms. The maximum absolute atomic E-state index is 13.0. The van der Waals surface area contributed by atoms with Gasteiger partial charge in [0.05, 0.1) is 11.4 Å². The molecule has 1 rings (SSSR count). The number of sulfonamides is 1. The van der Waals surface area contributed by atoms with Crippen molar-refractivity contribution in [1.29, 1.82) is 0 Å². The van der Waals surface area contributed by atoms with Crippen LogP contribution in [0, 0.1) is 27.7 Å². The summed E-state index contributed by atoms with van der Waals surface area (Å²) in [5.41, 5.74) is 3.38. The van der Waals surface area contributed by atoms with Crippen molar-refractivity contribution in [3.05, 3.63) is 28.3 Å². The van der Waals surface area contributed by atoms with Crippen LogP contribution in [0.2, 0.25) is 0 Å². The summed E-state index contributed by atoms with van der Waals surface area (Å²) in [4.78, 5) is 12.1. The second-order valence-electron chi connectivity index (χ2n) is 5.47. The molecule has 0 spiro atoms. The van der Waals surface area contributed by atoms with Crippen molar-refractivity contribution in [1.82, 2.24) is 9.62 Å². The largest absolute Gasteiger partial charge is 0.355 e. The molecule has 0 aliphatic heterocycles. The van der Waals surface area contributed by atoms with Crippen molar-refractivity contribution < 1.29 is 13.2 Å². The van der Waals surface area contributed by atoms with E-state index in [0.29, 0.717) is 11.4 Å². The Balaban J connectivity index is 3.37. The van der Waals surface area contributed by atoms with Gasteiger partial charge in [-0.3, -0.25) is 4.79 Å². The summed E-state index contributed by atoms with van der Waals surface area (Å²) in [7, 11) is -3.70. The van der Waals surface area contributed by atoms with Crippen LogP contribution in [-0.2, 0) is 14.8 Å². The molecule has 6 heteroatoms. The lowest BCUT2D eigenvalue weighted by molar-refractivity contribution is -0.121. The Morgan fingerprint density at radius 3 is 2.00 bits per heavy atom. The van der Waals surface area contributed by atoms with Gasteiger partial charge < -0.3 is 5.32 Å². The van der Waals surface area contributed by atoms with Crippen LogP contribution in [0.4, 0.5) is 0 Å². The van der Waals surface area contributed by atoms with E-state index in [1.807, 2.05) is 33.8 Å². The third kappa shape index (κ3) is 3.67. The number of benzene rings is 1. The summed E-state index contributed by atoms with van der Waals surface area (Å²) in [6.07, 6.45) is 0. The molecule has 0 saturated heterocycles. The van der Waals surface area contributed by atoms with Gasteiger partial charge in [-0.25, -0.2) is 8.42 Å². The van der Waals surface area contributed by atoms with Crippen molar-refractivity contribution in [2.75, 3.05) is 19.6 Å². The minimum Gasteiger partial charge on any atom is -0.355 e. The number of likely N-dealkylation sites (N-methyl/N-ethyl adjacent to an activating group) is 2. The zero-order valence-electron chi connectivity index (χ0n) is 14.3. The van der Waals surface area contributed by atoms with E-state index >= 15 is 0 Å². The fraction of sp³-hybridized carbons (Fsp3) is 0.562. The van der Waals surface area contributed by atoms with E-state index in [4.69, 9.17) is 0 Å². The highest BCUT2D eigenvalue weighted by Gasteiger charge is 2.29. The van der Waals surface area contributed by atoms with Gasteiger partial charge >= 0.3 is 0 Å². The second-order valence-corrected chi connectivity index (χ2v) is 7.35. The van der Waals surface area contributed by atoms with Gasteiger partial charge in [-0.1, -0.05) is 13.0 Å². The van der Waals surface area contributed by atoms with Crippen LogP contribution in [0.15, 0.2) is 11.0 Å². The molecule has 5 nitrogen and oxygen atoms in total. The Hall–Kier alpha value is -1.40. The first kappa shape index (κ1) is 18.6. The maximum atomic E-state index is 13.0. The fourth-order valence-corrected chi connectivity index (χ4v) is 4.46. The van der Waals surface area contributed by atoms with E-state index < -0.39 is 10.0 Å². The average molecular weight is 326 g/mol. The monoisotopic (exact) mass is 326 g/mol. The first-order valence-corrected chi connectivity index (χ1v) is 8.95. The molecule has 0 unspecified atom stereocenters. The molecule has 22 heavy (non-hydrogen) atoms. The average Bonchev–Trinajstić information content (AvgIpc) is 2.42. The third-order valence-electron chi connectivity index (χ3n) is 3.94. The molecule has 0 saturated carbocycles. The van der Waals surface area contributed by atoms with Gasteiger partial charge in [0.25, 0.3) is 0 Å². The number of nitrogens with one attached hydrogen (secondary N) is 1. The quantitative estimate of drug-likeness (QED) is 0.870. The van der Waals surface area contributed by atoms with Gasteiger partial charge in [-0.2, -0.15) is 4.31 Å². The first-order chi connectivity index (χ1) is 10.2. The van der Waals surface area contributed by atoms with Gasteiger partial charge in [0.15, 0.2) is 0 Å². The molecule has 0 radical (unpaired) electrons. The summed E-state index contributed by atoms with van der Waals surface area (Å²) in [6.45, 7) is 11.6. The fourth-order valence-electron chi connectivity index (χ4n) is 2.48. The standard InChI is InChI=1S/C16H26N2O3S/c1-7-17-15(19)10-18(8-2)22(20,21)16-13(5)11(3)9-12(4)14(16)6/h9H,7-8,10H2,1-6H3,(H,17,19). The van der Waals surface area contributed by atoms with Crippen molar-refractivity contribution in [2.24, 2.45) is 0 Å². The summed E-state index contributed by atoms with van der Waals surface area (Å²) < 4.78 is 27.2. The topological polar surface area (TPSA) is 66.5 Å². The minimum atomic E-state index is -3.70. The molecule has 1 aromatic carbocycles. The normalized spacial score (nSPS) is 11.8. The first-order valence-electron chi connectivity index (χ1n) is 7.51. The third-order valence-corrected chi connectivity index (χ3v) is 6.14. The number of aryl methyl sites for hydroxylation is 2. The predicted octanol–water partition coefficient (Wildman–Crippen LogP) is 2.07. The highest BCUT2D eigenvalue weighted by atomic mass is 32.2. The summed E-state index contributed by atoms with van der Waals surface area (Å²) in [5, 5.41) is 2.64. The van der Waals surface area contributed by atoms with Gasteiger partial charge in [0.2, 0.25) is 15.9 Å². The van der Waals surface area contributed by atoms with E-state index in [2.05, 4.69) is 5.32 Å². The number of carbonyl (C=O) groups is 1. The van der Waals surface area contributed by atoms with Gasteiger partial charge in [-0.05, 0) is 56.9 Å². The van der Waals surface area contributed by atoms with Crippen molar-refractivity contribution >= 4 is 15.9 Å². The smallest absolute Gasteiger partial charge is 0.244 e. The zero-order chi connectivity index (χ0) is 17.1. The Morgan fingerprint density at radius 2 is 1.59 bits per heavy atom. The summed E-state index contributed by atoms with van der Waals surface area (Å²) >= 11 is 0. The van der Waals surface area contributed by atoms with Crippen LogP contribution in [-0.4, -0.2) is 38.3 Å². The molecule has 0 fully saturated rings. The van der Waals surface area contributed by atoms with Crippen molar-refractivity contribution in [3.8, 4) is 0 Å². The van der Waals surface area contributed by atoms with Gasteiger partial charge in [-0.15, -0.1) is 0 Å². The molecule has 124 valence electrons. The molecular weight excluding hydrogens is 300 g/mol. The van der Waals surface area contributed by atoms with Crippen molar-refractivity contribution in [3.63, 3.8) is 0 Å². The Kier molecular flexibility index (Phi) is 6.14.